The molecule has 1 aliphatic rings. The van der Waals surface area contributed by atoms with Crippen molar-refractivity contribution in [2.75, 3.05) is 51.2 Å². The summed E-state index contributed by atoms with van der Waals surface area (Å²) < 4.78 is 24.8. The Labute approximate surface area is 276 Å². The molecule has 46 heavy (non-hydrogen) atoms. The highest BCUT2D eigenvalue weighted by Gasteiger charge is 2.30. The van der Waals surface area contributed by atoms with E-state index >= 15 is 0 Å². The summed E-state index contributed by atoms with van der Waals surface area (Å²) in [6, 6.07) is 9.36. The Hall–Kier alpha value is -4.51. The quantitative estimate of drug-likeness (QED) is 0.173. The number of fused-ring (bicyclic) bond motifs is 3. The minimum absolute atomic E-state index is 0.324. The molecule has 12 heteroatoms. The van der Waals surface area contributed by atoms with Gasteiger partial charge in [-0.2, -0.15) is 0 Å². The van der Waals surface area contributed by atoms with Gasteiger partial charge in [0.25, 0.3) is 0 Å². The van der Waals surface area contributed by atoms with Gasteiger partial charge in [0.05, 0.1) is 66.2 Å². The molecule has 3 aromatic heterocycles. The lowest BCUT2D eigenvalue weighted by Crippen LogP contribution is -2.48. The van der Waals surface area contributed by atoms with E-state index in [4.69, 9.17) is 47.1 Å². The van der Waals surface area contributed by atoms with Gasteiger partial charge in [0.15, 0.2) is 0 Å². The number of nitrogens with zero attached hydrogens (tertiary/aromatic N) is 4. The van der Waals surface area contributed by atoms with Gasteiger partial charge in [0.1, 0.15) is 22.9 Å². The summed E-state index contributed by atoms with van der Waals surface area (Å²) in [6.45, 7) is 9.56. The van der Waals surface area contributed by atoms with E-state index in [-0.39, 0.29) is 11.5 Å². The van der Waals surface area contributed by atoms with Gasteiger partial charge in [-0.25, -0.2) is 4.98 Å². The number of nitrogens with one attached hydrogen (secondary N) is 1. The number of carbonyl (C=O) groups excluding carboxylic acids is 1. The Morgan fingerprint density at radius 2 is 1.72 bits per heavy atom. The van der Waals surface area contributed by atoms with Crippen LogP contribution in [0.2, 0.25) is 10.0 Å². The van der Waals surface area contributed by atoms with Gasteiger partial charge in [-0.1, -0.05) is 29.8 Å². The second-order valence-electron chi connectivity index (χ2n) is 11.4. The number of pyridine rings is 2. The predicted molar refractivity (Wildman–Crippen MR) is 182 cm³/mol. The number of hydrogen-bond acceptors (Lipinski definition) is 8. The number of ether oxygens (including phenoxy) is 4. The van der Waals surface area contributed by atoms with Crippen molar-refractivity contribution in [3.8, 4) is 39.6 Å². The zero-order valence-corrected chi connectivity index (χ0v) is 27.6. The fraction of sp³-hybridized carbons (Fsp3) is 0.265. The Balaban J connectivity index is 1.53. The van der Waals surface area contributed by atoms with Crippen molar-refractivity contribution in [2.45, 2.75) is 19.4 Å². The molecule has 0 unspecified atom stereocenters. The third-order valence-corrected chi connectivity index (χ3v) is 8.75. The number of imidazole rings is 1. The zero-order chi connectivity index (χ0) is 32.7. The Kier molecular flexibility index (Phi) is 8.45. The summed E-state index contributed by atoms with van der Waals surface area (Å²) in [6.07, 6.45) is 6.59. The van der Waals surface area contributed by atoms with Crippen LogP contribution < -0.4 is 24.4 Å². The van der Waals surface area contributed by atoms with E-state index in [2.05, 4.69) is 21.8 Å². The van der Waals surface area contributed by atoms with E-state index in [0.717, 1.165) is 16.6 Å². The molecule has 1 N–H and O–H groups in total. The molecule has 0 saturated carbocycles. The molecule has 1 fully saturated rings. The Morgan fingerprint density at radius 3 is 2.37 bits per heavy atom. The standard InChI is InChI=1S/C34H33Cl2N5O5/c1-7-29(42)39-23-13-20(26(43-4)15-25(23)40-10-11-46-34(2,3)18-40)22-14-24-19(17-38-22)12-21(33-37-8-9-41(24)33)30-31(35)27(44-5)16-28(45-6)32(30)36/h7-9,12-17H,1,10-11,18H2,2-6H3,(H,39,42). The van der Waals surface area contributed by atoms with Gasteiger partial charge >= 0.3 is 0 Å². The Morgan fingerprint density at radius 1 is 1.00 bits per heavy atom. The predicted octanol–water partition coefficient (Wildman–Crippen LogP) is 7.29. The molecule has 0 radical (unpaired) electrons. The molecule has 238 valence electrons. The van der Waals surface area contributed by atoms with Crippen LogP contribution in [0.1, 0.15) is 13.8 Å². The summed E-state index contributed by atoms with van der Waals surface area (Å²) in [7, 11) is 4.68. The van der Waals surface area contributed by atoms with Crippen LogP contribution in [-0.4, -0.2) is 66.9 Å². The van der Waals surface area contributed by atoms with Gasteiger partial charge in [0.2, 0.25) is 5.91 Å². The minimum atomic E-state index is -0.358. The van der Waals surface area contributed by atoms with Crippen molar-refractivity contribution in [1.29, 1.82) is 0 Å². The van der Waals surface area contributed by atoms with E-state index in [1.54, 1.807) is 25.6 Å². The molecule has 6 rings (SSSR count). The molecular formula is C34H33Cl2N5O5. The van der Waals surface area contributed by atoms with Crippen LogP contribution in [0, 0.1) is 0 Å². The maximum atomic E-state index is 12.6. The molecule has 1 aliphatic heterocycles. The number of anilines is 2. The number of morpholine rings is 1. The second-order valence-corrected chi connectivity index (χ2v) is 12.1. The van der Waals surface area contributed by atoms with E-state index in [0.29, 0.717) is 80.7 Å². The molecule has 2 aromatic carbocycles. The molecule has 10 nitrogen and oxygen atoms in total. The topological polar surface area (TPSA) is 99.5 Å². The number of carbonyl (C=O) groups is 1. The lowest BCUT2D eigenvalue weighted by atomic mass is 10.0. The fourth-order valence-corrected chi connectivity index (χ4v) is 6.56. The van der Waals surface area contributed by atoms with Crippen molar-refractivity contribution in [1.82, 2.24) is 14.4 Å². The van der Waals surface area contributed by atoms with Gasteiger partial charge in [-0.05, 0) is 38.1 Å². The van der Waals surface area contributed by atoms with Crippen LogP contribution in [0.5, 0.6) is 17.2 Å². The van der Waals surface area contributed by atoms with Crippen molar-refractivity contribution in [3.63, 3.8) is 0 Å². The van der Waals surface area contributed by atoms with Crippen LogP contribution in [0.3, 0.4) is 0 Å². The SMILES string of the molecule is C=CC(=O)Nc1cc(-c2cc3c(cn2)cc(-c2c(Cl)c(OC)cc(OC)c2Cl)c2nccn23)c(OC)cc1N1CCOC(C)(C)C1. The normalized spacial score (nSPS) is 14.4. The first kappa shape index (κ1) is 31.5. The third kappa shape index (κ3) is 5.57. The monoisotopic (exact) mass is 661 g/mol. The molecule has 1 amide bonds. The highest BCUT2D eigenvalue weighted by Crippen LogP contribution is 2.48. The Bertz CT molecular complexity index is 1980. The molecule has 5 aromatic rings. The molecule has 0 aliphatic carbocycles. The fourth-order valence-electron chi connectivity index (χ4n) is 5.85. The number of rotatable bonds is 8. The van der Waals surface area contributed by atoms with Crippen LogP contribution in [-0.2, 0) is 9.53 Å². The lowest BCUT2D eigenvalue weighted by Gasteiger charge is -2.40. The number of methoxy groups -OCH3 is 3. The summed E-state index contributed by atoms with van der Waals surface area (Å²) >= 11 is 13.6. The first-order valence-electron chi connectivity index (χ1n) is 14.5. The maximum absolute atomic E-state index is 12.6. The van der Waals surface area contributed by atoms with Crippen molar-refractivity contribution < 1.29 is 23.7 Å². The van der Waals surface area contributed by atoms with Gasteiger partial charge < -0.3 is 29.2 Å². The smallest absolute Gasteiger partial charge is 0.247 e. The molecule has 0 atom stereocenters. The maximum Gasteiger partial charge on any atom is 0.247 e. The summed E-state index contributed by atoms with van der Waals surface area (Å²) in [4.78, 5) is 24.2. The number of halogens is 2. The summed E-state index contributed by atoms with van der Waals surface area (Å²) in [5.74, 6) is 1.12. The van der Waals surface area contributed by atoms with E-state index in [1.807, 2.05) is 48.7 Å². The van der Waals surface area contributed by atoms with Crippen LogP contribution in [0.15, 0.2) is 61.6 Å². The lowest BCUT2D eigenvalue weighted by molar-refractivity contribution is -0.111. The van der Waals surface area contributed by atoms with Gasteiger partial charge in [-0.3, -0.25) is 14.2 Å². The first-order chi connectivity index (χ1) is 22.1. The van der Waals surface area contributed by atoms with Crippen LogP contribution >= 0.6 is 23.2 Å². The van der Waals surface area contributed by atoms with Gasteiger partial charge in [-0.15, -0.1) is 0 Å². The minimum Gasteiger partial charge on any atom is -0.496 e. The zero-order valence-electron chi connectivity index (χ0n) is 26.1. The van der Waals surface area contributed by atoms with E-state index in [9.17, 15) is 4.79 Å². The number of amides is 1. The average molecular weight is 663 g/mol. The van der Waals surface area contributed by atoms with E-state index < -0.39 is 0 Å². The third-order valence-electron chi connectivity index (χ3n) is 8.00. The highest BCUT2D eigenvalue weighted by molar-refractivity contribution is 6.41. The second kappa shape index (κ2) is 12.4. The number of aromatic nitrogens is 3. The molecule has 4 heterocycles. The van der Waals surface area contributed by atoms with Gasteiger partial charge in [0, 0.05) is 65.9 Å². The molecule has 0 bridgehead atoms. The summed E-state index contributed by atoms with van der Waals surface area (Å²) in [5.41, 5.74) is 5.08. The number of hydrogen-bond donors (Lipinski definition) is 1. The average Bonchev–Trinajstić information content (AvgIpc) is 3.55. The first-order valence-corrected chi connectivity index (χ1v) is 15.3. The van der Waals surface area contributed by atoms with Crippen molar-refractivity contribution in [2.24, 2.45) is 0 Å². The molecule has 0 spiro atoms. The summed E-state index contributed by atoms with van der Waals surface area (Å²) in [5, 5.41) is 4.47. The van der Waals surface area contributed by atoms with Crippen LogP contribution in [0.4, 0.5) is 11.4 Å². The van der Waals surface area contributed by atoms with Crippen molar-refractivity contribution in [3.05, 3.63) is 71.6 Å². The molecule has 1 saturated heterocycles. The largest absolute Gasteiger partial charge is 0.496 e. The van der Waals surface area contributed by atoms with Crippen LogP contribution in [0.25, 0.3) is 38.9 Å². The van der Waals surface area contributed by atoms with Crippen molar-refractivity contribution >= 4 is 57.0 Å². The van der Waals surface area contributed by atoms with E-state index in [1.165, 1.54) is 20.3 Å². The highest BCUT2D eigenvalue weighted by atomic mass is 35.5. The molecular weight excluding hydrogens is 629 g/mol. The number of benzene rings is 2.